The van der Waals surface area contributed by atoms with Gasteiger partial charge in [0.25, 0.3) is 0 Å². The van der Waals surface area contributed by atoms with Crippen molar-refractivity contribution in [3.8, 4) is 0 Å². The lowest BCUT2D eigenvalue weighted by molar-refractivity contribution is -0.234. The first-order valence-electron chi connectivity index (χ1n) is 9.63. The first-order valence-corrected chi connectivity index (χ1v) is 9.63. The lowest BCUT2D eigenvalue weighted by atomic mass is 9.66. The summed E-state index contributed by atoms with van der Waals surface area (Å²) in [6.45, 7) is 2.71. The number of rotatable bonds is 7. The Kier molecular flexibility index (Phi) is 7.92. The highest BCUT2D eigenvalue weighted by Gasteiger charge is 2.47. The number of hydrogen-bond donors (Lipinski definition) is 6. The van der Waals surface area contributed by atoms with Crippen LogP contribution in [0.4, 0.5) is 0 Å². The molecule has 2 rings (SSSR count). The van der Waals surface area contributed by atoms with Crippen molar-refractivity contribution in [3.05, 3.63) is 23.3 Å². The number of carbonyl (C=O) groups is 1. The highest BCUT2D eigenvalue weighted by atomic mass is 16.5. The fourth-order valence-electron chi connectivity index (χ4n) is 4.06. The SMILES string of the molecule is CC1=C(C=CC(CO)CO)[C@](C)(C[C@@H]2O[C@H](CO)[C@@H](O)[C@H](O)[C@H]2O)CCC1=O. The first kappa shape index (κ1) is 23.2. The average molecular weight is 400 g/mol. The first-order chi connectivity index (χ1) is 13.2. The van der Waals surface area contributed by atoms with E-state index in [0.29, 0.717) is 18.4 Å². The van der Waals surface area contributed by atoms with Gasteiger partial charge in [-0.3, -0.25) is 4.79 Å². The number of ether oxygens (including phenoxy) is 1. The van der Waals surface area contributed by atoms with E-state index >= 15 is 0 Å². The van der Waals surface area contributed by atoms with Crippen LogP contribution < -0.4 is 0 Å². The highest BCUT2D eigenvalue weighted by Crippen LogP contribution is 2.45. The standard InChI is InChI=1S/C20H32O8/c1-11-13(4-3-12(8-21)9-22)20(2,6-5-14(11)24)7-15-17(25)19(27)18(26)16(10-23)28-15/h3-4,12,15-19,21-23,25-27H,5-10H2,1-2H3/t15-,16+,17-,18+,19+,20-/m0/s1. The van der Waals surface area contributed by atoms with E-state index in [1.54, 1.807) is 19.1 Å². The number of ketones is 1. The van der Waals surface area contributed by atoms with Crippen LogP contribution in [0.3, 0.4) is 0 Å². The van der Waals surface area contributed by atoms with Gasteiger partial charge in [0.1, 0.15) is 24.4 Å². The summed E-state index contributed by atoms with van der Waals surface area (Å²) in [7, 11) is 0. The lowest BCUT2D eigenvalue weighted by Gasteiger charge is -2.45. The van der Waals surface area contributed by atoms with Crippen LogP contribution >= 0.6 is 0 Å². The van der Waals surface area contributed by atoms with E-state index in [4.69, 9.17) is 4.74 Å². The van der Waals surface area contributed by atoms with E-state index in [2.05, 4.69) is 0 Å². The molecule has 0 bridgehead atoms. The van der Waals surface area contributed by atoms with Gasteiger partial charge in [0.15, 0.2) is 5.78 Å². The van der Waals surface area contributed by atoms with Crippen molar-refractivity contribution >= 4 is 5.78 Å². The molecule has 0 aromatic carbocycles. The summed E-state index contributed by atoms with van der Waals surface area (Å²) >= 11 is 0. The van der Waals surface area contributed by atoms with Crippen molar-refractivity contribution in [2.24, 2.45) is 11.3 Å². The van der Waals surface area contributed by atoms with Crippen molar-refractivity contribution in [1.82, 2.24) is 0 Å². The number of allylic oxidation sites excluding steroid dienone is 3. The van der Waals surface area contributed by atoms with Crippen LogP contribution in [0.25, 0.3) is 0 Å². The number of aliphatic hydroxyl groups is 6. The summed E-state index contributed by atoms with van der Waals surface area (Å²) in [6, 6.07) is 0. The van der Waals surface area contributed by atoms with E-state index in [0.717, 1.165) is 5.57 Å². The molecule has 1 aliphatic heterocycles. The third-order valence-corrected chi connectivity index (χ3v) is 6.02. The second-order valence-corrected chi connectivity index (χ2v) is 8.08. The summed E-state index contributed by atoms with van der Waals surface area (Å²) in [4.78, 5) is 12.2. The molecule has 8 nitrogen and oxygen atoms in total. The van der Waals surface area contributed by atoms with E-state index in [-0.39, 0.29) is 25.4 Å². The van der Waals surface area contributed by atoms with Crippen molar-refractivity contribution in [3.63, 3.8) is 0 Å². The largest absolute Gasteiger partial charge is 0.396 e. The van der Waals surface area contributed by atoms with Gasteiger partial charge in [0.2, 0.25) is 0 Å². The van der Waals surface area contributed by atoms with Gasteiger partial charge in [0.05, 0.1) is 25.9 Å². The molecule has 0 spiro atoms. The fraction of sp³-hybridized carbons (Fsp3) is 0.750. The van der Waals surface area contributed by atoms with Crippen molar-refractivity contribution in [1.29, 1.82) is 0 Å². The second-order valence-electron chi connectivity index (χ2n) is 8.08. The van der Waals surface area contributed by atoms with E-state index in [1.165, 1.54) is 0 Å². The summed E-state index contributed by atoms with van der Waals surface area (Å²) in [6.07, 6.45) is -1.52. The smallest absolute Gasteiger partial charge is 0.158 e. The Bertz CT molecular complexity index is 609. The maximum absolute atomic E-state index is 12.2. The van der Waals surface area contributed by atoms with E-state index in [9.17, 15) is 35.4 Å². The van der Waals surface area contributed by atoms with Gasteiger partial charge in [-0.25, -0.2) is 0 Å². The van der Waals surface area contributed by atoms with Gasteiger partial charge in [0, 0.05) is 12.3 Å². The van der Waals surface area contributed by atoms with E-state index < -0.39 is 48.5 Å². The van der Waals surface area contributed by atoms with Crippen molar-refractivity contribution in [2.75, 3.05) is 19.8 Å². The molecule has 8 heteroatoms. The van der Waals surface area contributed by atoms with Crippen LogP contribution in [0.2, 0.25) is 0 Å². The average Bonchev–Trinajstić information content (AvgIpc) is 2.68. The molecule has 0 unspecified atom stereocenters. The number of Topliss-reactive ketones (excluding diaryl/α,β-unsaturated/α-hetero) is 1. The second kappa shape index (κ2) is 9.58. The molecule has 1 fully saturated rings. The molecule has 1 saturated heterocycles. The molecule has 1 heterocycles. The molecule has 2 aliphatic rings. The number of aliphatic hydroxyl groups excluding tert-OH is 6. The van der Waals surface area contributed by atoms with Crippen molar-refractivity contribution in [2.45, 2.75) is 63.6 Å². The molecule has 160 valence electrons. The third kappa shape index (κ3) is 4.71. The van der Waals surface area contributed by atoms with Crippen LogP contribution in [-0.4, -0.2) is 86.8 Å². The Morgan fingerprint density at radius 1 is 1.11 bits per heavy atom. The molecular formula is C20H32O8. The van der Waals surface area contributed by atoms with Gasteiger partial charge in [-0.15, -0.1) is 0 Å². The van der Waals surface area contributed by atoms with Crippen LogP contribution in [0.1, 0.15) is 33.1 Å². The zero-order valence-electron chi connectivity index (χ0n) is 16.4. The Hall–Kier alpha value is -1.13. The predicted molar refractivity (Wildman–Crippen MR) is 100 cm³/mol. The predicted octanol–water partition coefficient (Wildman–Crippen LogP) is -0.938. The van der Waals surface area contributed by atoms with Crippen LogP contribution in [0.15, 0.2) is 23.3 Å². The molecule has 0 amide bonds. The molecule has 0 radical (unpaired) electrons. The summed E-state index contributed by atoms with van der Waals surface area (Å²) < 4.78 is 5.66. The summed E-state index contributed by atoms with van der Waals surface area (Å²) in [5, 5.41) is 58.4. The quantitative estimate of drug-likeness (QED) is 0.321. The maximum atomic E-state index is 12.2. The zero-order chi connectivity index (χ0) is 21.1. The van der Waals surface area contributed by atoms with E-state index in [1.807, 2.05) is 6.92 Å². The maximum Gasteiger partial charge on any atom is 0.158 e. The number of carbonyl (C=O) groups excluding carboxylic acids is 1. The van der Waals surface area contributed by atoms with Gasteiger partial charge in [-0.2, -0.15) is 0 Å². The minimum Gasteiger partial charge on any atom is -0.396 e. The Balaban J connectivity index is 2.31. The Morgan fingerprint density at radius 2 is 1.71 bits per heavy atom. The van der Waals surface area contributed by atoms with Crippen molar-refractivity contribution < 1.29 is 40.2 Å². The lowest BCUT2D eigenvalue weighted by Crippen LogP contribution is -2.59. The third-order valence-electron chi connectivity index (χ3n) is 6.02. The zero-order valence-corrected chi connectivity index (χ0v) is 16.4. The molecule has 6 N–H and O–H groups in total. The molecule has 0 saturated carbocycles. The molecule has 6 atom stereocenters. The molecule has 1 aliphatic carbocycles. The summed E-state index contributed by atoms with van der Waals surface area (Å²) in [5.74, 6) is -0.440. The normalized spacial score (nSPS) is 37.3. The van der Waals surface area contributed by atoms with Crippen LogP contribution in [0, 0.1) is 11.3 Å². The van der Waals surface area contributed by atoms with Gasteiger partial charge >= 0.3 is 0 Å². The van der Waals surface area contributed by atoms with Gasteiger partial charge in [-0.05, 0) is 36.3 Å². The van der Waals surface area contributed by atoms with Crippen LogP contribution in [-0.2, 0) is 9.53 Å². The number of hydrogen-bond acceptors (Lipinski definition) is 8. The molecule has 28 heavy (non-hydrogen) atoms. The Morgan fingerprint density at radius 3 is 2.29 bits per heavy atom. The Labute approximate surface area is 164 Å². The monoisotopic (exact) mass is 400 g/mol. The molecule has 0 aromatic rings. The van der Waals surface area contributed by atoms with Gasteiger partial charge < -0.3 is 35.4 Å². The topological polar surface area (TPSA) is 148 Å². The fourth-order valence-corrected chi connectivity index (χ4v) is 4.06. The molecular weight excluding hydrogens is 368 g/mol. The summed E-state index contributed by atoms with van der Waals surface area (Å²) in [5.41, 5.74) is 0.731. The highest BCUT2D eigenvalue weighted by molar-refractivity contribution is 5.97. The van der Waals surface area contributed by atoms with Gasteiger partial charge in [-0.1, -0.05) is 19.1 Å². The van der Waals surface area contributed by atoms with Crippen LogP contribution in [0.5, 0.6) is 0 Å². The molecule has 0 aromatic heterocycles. The minimum atomic E-state index is -1.44. The minimum absolute atomic E-state index is 0.00970.